The van der Waals surface area contributed by atoms with Crippen molar-refractivity contribution in [1.29, 1.82) is 0 Å². The Morgan fingerprint density at radius 1 is 1.29 bits per heavy atom. The number of amides is 1. The number of likely N-dealkylation sites (tertiary alicyclic amines) is 1. The lowest BCUT2D eigenvalue weighted by molar-refractivity contribution is 0.0735. The number of methoxy groups -OCH3 is 1. The van der Waals surface area contributed by atoms with Crippen LogP contribution in [0, 0.1) is 6.92 Å². The molecular formula is C26H27N5O3S. The number of carbonyl (C=O) groups excluding carboxylic acids is 1. The molecule has 8 nitrogen and oxygen atoms in total. The van der Waals surface area contributed by atoms with E-state index >= 15 is 0 Å². The Bertz CT molecular complexity index is 1320. The van der Waals surface area contributed by atoms with Crippen molar-refractivity contribution in [3.05, 3.63) is 75.7 Å². The van der Waals surface area contributed by atoms with Crippen LogP contribution in [0.3, 0.4) is 0 Å². The van der Waals surface area contributed by atoms with E-state index in [1.54, 1.807) is 23.6 Å². The zero-order valence-electron chi connectivity index (χ0n) is 20.0. The molecule has 0 N–H and O–H groups in total. The number of benzene rings is 1. The predicted molar refractivity (Wildman–Crippen MR) is 133 cm³/mol. The number of rotatable bonds is 7. The Morgan fingerprint density at radius 2 is 2.11 bits per heavy atom. The van der Waals surface area contributed by atoms with Gasteiger partial charge < -0.3 is 14.1 Å². The summed E-state index contributed by atoms with van der Waals surface area (Å²) < 4.78 is 11.5. The van der Waals surface area contributed by atoms with E-state index < -0.39 is 0 Å². The number of thiazole rings is 1. The molecule has 0 unspecified atom stereocenters. The molecule has 180 valence electrons. The van der Waals surface area contributed by atoms with Crippen molar-refractivity contribution in [3.8, 4) is 17.3 Å². The molecule has 4 aromatic rings. The van der Waals surface area contributed by atoms with Crippen LogP contribution >= 0.6 is 11.3 Å². The fourth-order valence-electron chi connectivity index (χ4n) is 4.44. The van der Waals surface area contributed by atoms with Gasteiger partial charge in [-0.25, -0.2) is 9.97 Å². The van der Waals surface area contributed by atoms with E-state index in [1.165, 1.54) is 12.7 Å². The molecule has 3 aromatic heterocycles. The third-order valence-electron chi connectivity index (χ3n) is 6.20. The highest BCUT2D eigenvalue weighted by Gasteiger charge is 2.33. The van der Waals surface area contributed by atoms with E-state index in [9.17, 15) is 4.79 Å². The number of ether oxygens (including phenoxy) is 1. The maximum Gasteiger partial charge on any atom is 0.256 e. The van der Waals surface area contributed by atoms with Crippen LogP contribution in [0.25, 0.3) is 11.5 Å². The van der Waals surface area contributed by atoms with Gasteiger partial charge in [0.1, 0.15) is 10.6 Å². The quantitative estimate of drug-likeness (QED) is 0.351. The SMILES string of the molecule is COc1ncc(C(=O)N2CCC[C@@H]2c2nc(C)cs2)cc1-c1nnc([C@@H](C)Cc2ccccc2)o1. The lowest BCUT2D eigenvalue weighted by Gasteiger charge is -2.23. The molecule has 0 bridgehead atoms. The molecule has 9 heteroatoms. The molecule has 1 aliphatic heterocycles. The van der Waals surface area contributed by atoms with Crippen LogP contribution in [-0.2, 0) is 6.42 Å². The van der Waals surface area contributed by atoms with Crippen molar-refractivity contribution < 1.29 is 13.9 Å². The molecule has 0 spiro atoms. The number of aryl methyl sites for hydroxylation is 1. The first-order valence-corrected chi connectivity index (χ1v) is 12.6. The van der Waals surface area contributed by atoms with Gasteiger partial charge >= 0.3 is 0 Å². The Labute approximate surface area is 208 Å². The van der Waals surface area contributed by atoms with Gasteiger partial charge in [-0.1, -0.05) is 37.3 Å². The summed E-state index contributed by atoms with van der Waals surface area (Å²) in [5.74, 6) is 1.10. The second-order valence-corrected chi connectivity index (χ2v) is 9.69. The van der Waals surface area contributed by atoms with E-state index in [4.69, 9.17) is 9.15 Å². The Morgan fingerprint density at radius 3 is 2.86 bits per heavy atom. The van der Waals surface area contributed by atoms with E-state index in [0.717, 1.165) is 30.0 Å². The summed E-state index contributed by atoms with van der Waals surface area (Å²) in [4.78, 5) is 24.4. The van der Waals surface area contributed by atoms with Crippen molar-refractivity contribution >= 4 is 17.2 Å². The summed E-state index contributed by atoms with van der Waals surface area (Å²) in [6, 6.07) is 11.9. The standard InChI is InChI=1S/C26H27N5O3S/c1-16(12-18-8-5-4-6-9-18)22-29-30-24(34-22)20-13-19(14-27-23(20)33-3)26(32)31-11-7-10-21(31)25-28-17(2)15-35-25/h4-6,8-9,13-16,21H,7,10-12H2,1-3H3/t16-,21+/m0/s1. The molecular weight excluding hydrogens is 462 g/mol. The normalized spacial score (nSPS) is 16.4. The number of aromatic nitrogens is 4. The number of nitrogens with zero attached hydrogens (tertiary/aromatic N) is 5. The molecule has 1 amide bonds. The van der Waals surface area contributed by atoms with Crippen LogP contribution in [0.15, 0.2) is 52.4 Å². The fourth-order valence-corrected chi connectivity index (χ4v) is 5.38. The summed E-state index contributed by atoms with van der Waals surface area (Å²) in [6.45, 7) is 4.71. The first-order chi connectivity index (χ1) is 17.0. The number of hydrogen-bond acceptors (Lipinski definition) is 8. The average molecular weight is 490 g/mol. The monoisotopic (exact) mass is 489 g/mol. The van der Waals surface area contributed by atoms with E-state index in [0.29, 0.717) is 29.4 Å². The van der Waals surface area contributed by atoms with Crippen LogP contribution in [0.4, 0.5) is 0 Å². The Balaban J connectivity index is 1.40. The average Bonchev–Trinajstić information content (AvgIpc) is 3.64. The van der Waals surface area contributed by atoms with Crippen LogP contribution in [0.2, 0.25) is 0 Å². The van der Waals surface area contributed by atoms with Crippen molar-refractivity contribution in [2.24, 2.45) is 0 Å². The molecule has 35 heavy (non-hydrogen) atoms. The lowest BCUT2D eigenvalue weighted by Crippen LogP contribution is -2.30. The molecule has 1 aromatic carbocycles. The van der Waals surface area contributed by atoms with E-state index in [2.05, 4.69) is 32.3 Å². The van der Waals surface area contributed by atoms with Crippen LogP contribution in [0.1, 0.15) is 64.2 Å². The highest BCUT2D eigenvalue weighted by Crippen LogP contribution is 2.36. The van der Waals surface area contributed by atoms with Gasteiger partial charge in [0.2, 0.25) is 11.8 Å². The fraction of sp³-hybridized carbons (Fsp3) is 0.346. The zero-order valence-corrected chi connectivity index (χ0v) is 20.8. The Hall–Kier alpha value is -3.59. The first-order valence-electron chi connectivity index (χ1n) is 11.7. The number of hydrogen-bond donors (Lipinski definition) is 0. The van der Waals surface area contributed by atoms with Gasteiger partial charge in [-0.15, -0.1) is 21.5 Å². The molecule has 2 atom stereocenters. The van der Waals surface area contributed by atoms with Crippen LogP contribution in [0.5, 0.6) is 5.88 Å². The van der Waals surface area contributed by atoms with Crippen LogP contribution in [-0.4, -0.2) is 44.6 Å². The molecule has 0 saturated carbocycles. The van der Waals surface area contributed by atoms with E-state index in [1.807, 2.05) is 42.3 Å². The van der Waals surface area contributed by atoms with E-state index in [-0.39, 0.29) is 23.8 Å². The van der Waals surface area contributed by atoms with Crippen molar-refractivity contribution in [2.75, 3.05) is 13.7 Å². The molecule has 5 rings (SSSR count). The van der Waals surface area contributed by atoms with Crippen LogP contribution < -0.4 is 4.74 Å². The topological polar surface area (TPSA) is 94.2 Å². The minimum Gasteiger partial charge on any atom is -0.480 e. The summed E-state index contributed by atoms with van der Waals surface area (Å²) in [5.41, 5.74) is 3.14. The summed E-state index contributed by atoms with van der Waals surface area (Å²) in [5, 5.41) is 11.5. The third-order valence-corrected chi connectivity index (χ3v) is 7.27. The van der Waals surface area contributed by atoms with Gasteiger partial charge in [0, 0.05) is 29.7 Å². The molecule has 1 aliphatic rings. The summed E-state index contributed by atoms with van der Waals surface area (Å²) in [7, 11) is 1.53. The zero-order chi connectivity index (χ0) is 24.4. The first kappa shape index (κ1) is 23.2. The molecule has 1 saturated heterocycles. The highest BCUT2D eigenvalue weighted by atomic mass is 32.1. The van der Waals surface area contributed by atoms with Gasteiger partial charge in [-0.2, -0.15) is 0 Å². The van der Waals surface area contributed by atoms with Gasteiger partial charge in [-0.3, -0.25) is 4.79 Å². The molecule has 0 aliphatic carbocycles. The molecule has 1 fully saturated rings. The maximum absolute atomic E-state index is 13.5. The predicted octanol–water partition coefficient (Wildman–Crippen LogP) is 5.23. The van der Waals surface area contributed by atoms with Gasteiger partial charge in [0.15, 0.2) is 0 Å². The highest BCUT2D eigenvalue weighted by molar-refractivity contribution is 7.09. The molecule has 4 heterocycles. The third kappa shape index (κ3) is 4.81. The van der Waals surface area contributed by atoms with Crippen molar-refractivity contribution in [3.63, 3.8) is 0 Å². The Kier molecular flexibility index (Phi) is 6.59. The molecule has 0 radical (unpaired) electrons. The largest absolute Gasteiger partial charge is 0.480 e. The lowest BCUT2D eigenvalue weighted by atomic mass is 10.0. The second-order valence-electron chi connectivity index (χ2n) is 8.80. The minimum absolute atomic E-state index is 0.0133. The second kappa shape index (κ2) is 9.95. The number of carbonyl (C=O) groups is 1. The summed E-state index contributed by atoms with van der Waals surface area (Å²) >= 11 is 1.60. The van der Waals surface area contributed by atoms with Gasteiger partial charge in [-0.05, 0) is 37.8 Å². The number of pyridine rings is 1. The van der Waals surface area contributed by atoms with Gasteiger partial charge in [0.05, 0.1) is 18.7 Å². The smallest absolute Gasteiger partial charge is 0.256 e. The van der Waals surface area contributed by atoms with Crippen molar-refractivity contribution in [1.82, 2.24) is 25.1 Å². The maximum atomic E-state index is 13.5. The minimum atomic E-state index is -0.0889. The van der Waals surface area contributed by atoms with Gasteiger partial charge in [0.25, 0.3) is 11.8 Å². The summed E-state index contributed by atoms with van der Waals surface area (Å²) in [6.07, 6.45) is 4.17. The van der Waals surface area contributed by atoms with Crippen molar-refractivity contribution in [2.45, 2.75) is 45.1 Å².